The standard InChI is InChI=1S/C17H31BrN2O5S/c1-9-25-16(22)12(4)10-13(11(2)3)20(8)15(21)14(17(5,6)7)19-26(18,23)24/h10-11,13-14,19H,9H2,1-8H3/b12-10+/t13-,14-/m1/s1. The van der Waals surface area contributed by atoms with Crippen molar-refractivity contribution in [1.29, 1.82) is 0 Å². The number of hydrogen-bond acceptors (Lipinski definition) is 5. The molecule has 0 heterocycles. The fourth-order valence-corrected chi connectivity index (χ4v) is 3.71. The van der Waals surface area contributed by atoms with Gasteiger partial charge in [-0.1, -0.05) is 40.7 Å². The van der Waals surface area contributed by atoms with Gasteiger partial charge in [-0.3, -0.25) is 4.79 Å². The predicted octanol–water partition coefficient (Wildman–Crippen LogP) is 2.62. The van der Waals surface area contributed by atoms with Crippen molar-refractivity contribution >= 4 is 35.1 Å². The highest BCUT2D eigenvalue weighted by atomic mass is 79.9. The lowest BCUT2D eigenvalue weighted by molar-refractivity contribution is -0.139. The van der Waals surface area contributed by atoms with Gasteiger partial charge in [-0.2, -0.15) is 4.72 Å². The molecule has 1 amide bonds. The lowest BCUT2D eigenvalue weighted by atomic mass is 9.86. The smallest absolute Gasteiger partial charge is 0.333 e. The van der Waals surface area contributed by atoms with Crippen LogP contribution in [0.3, 0.4) is 0 Å². The zero-order chi connectivity index (χ0) is 20.9. The van der Waals surface area contributed by atoms with Gasteiger partial charge < -0.3 is 9.64 Å². The van der Waals surface area contributed by atoms with Gasteiger partial charge in [0.2, 0.25) is 5.91 Å². The van der Waals surface area contributed by atoms with Crippen LogP contribution >= 0.6 is 14.8 Å². The van der Waals surface area contributed by atoms with Crippen molar-refractivity contribution in [1.82, 2.24) is 9.62 Å². The molecule has 2 atom stereocenters. The molecule has 1 N–H and O–H groups in total. The number of halogens is 1. The Kier molecular flexibility index (Phi) is 9.49. The van der Waals surface area contributed by atoms with Crippen molar-refractivity contribution in [2.75, 3.05) is 13.7 Å². The van der Waals surface area contributed by atoms with Crippen LogP contribution in [0.25, 0.3) is 0 Å². The van der Waals surface area contributed by atoms with Gasteiger partial charge in [-0.05, 0) is 25.2 Å². The van der Waals surface area contributed by atoms with E-state index in [4.69, 9.17) is 4.74 Å². The van der Waals surface area contributed by atoms with Gasteiger partial charge in [-0.15, -0.1) is 0 Å². The van der Waals surface area contributed by atoms with Crippen LogP contribution in [0, 0.1) is 11.3 Å². The van der Waals surface area contributed by atoms with Gasteiger partial charge >= 0.3 is 5.97 Å². The highest BCUT2D eigenvalue weighted by molar-refractivity contribution is 9.47. The lowest BCUT2D eigenvalue weighted by Crippen LogP contribution is -2.55. The van der Waals surface area contributed by atoms with E-state index in [0.717, 1.165) is 0 Å². The molecule has 0 aliphatic rings. The molecule has 0 aliphatic heterocycles. The van der Waals surface area contributed by atoms with Gasteiger partial charge in [0.1, 0.15) is 6.04 Å². The number of hydrogen-bond donors (Lipinski definition) is 1. The fraction of sp³-hybridized carbons (Fsp3) is 0.765. The molecule has 152 valence electrons. The maximum absolute atomic E-state index is 13.0. The van der Waals surface area contributed by atoms with E-state index in [2.05, 4.69) is 19.5 Å². The van der Waals surface area contributed by atoms with Crippen molar-refractivity contribution in [2.24, 2.45) is 11.3 Å². The minimum absolute atomic E-state index is 0.00882. The summed E-state index contributed by atoms with van der Waals surface area (Å²) in [4.78, 5) is 26.4. The Labute approximate surface area is 164 Å². The Morgan fingerprint density at radius 1 is 1.27 bits per heavy atom. The second-order valence-corrected chi connectivity index (χ2v) is 11.3. The van der Waals surface area contributed by atoms with Gasteiger partial charge in [0.15, 0.2) is 0 Å². The quantitative estimate of drug-likeness (QED) is 0.345. The monoisotopic (exact) mass is 454 g/mol. The first-order valence-corrected chi connectivity index (χ1v) is 11.8. The van der Waals surface area contributed by atoms with Gasteiger partial charge in [0.25, 0.3) is 8.46 Å². The maximum Gasteiger partial charge on any atom is 0.333 e. The first-order valence-electron chi connectivity index (χ1n) is 8.46. The molecular formula is C17H31BrN2O5S. The summed E-state index contributed by atoms with van der Waals surface area (Å²) >= 11 is 2.55. The molecule has 0 rings (SSSR count). The Morgan fingerprint density at radius 2 is 1.77 bits per heavy atom. The second-order valence-electron chi connectivity index (χ2n) is 7.61. The Morgan fingerprint density at radius 3 is 2.12 bits per heavy atom. The summed E-state index contributed by atoms with van der Waals surface area (Å²) in [5, 5.41) is 0. The average molecular weight is 455 g/mol. The molecule has 0 saturated carbocycles. The van der Waals surface area contributed by atoms with Crippen LogP contribution in [0.2, 0.25) is 0 Å². The van der Waals surface area contributed by atoms with Crippen LogP contribution in [0.15, 0.2) is 11.6 Å². The van der Waals surface area contributed by atoms with Crippen LogP contribution in [-0.2, 0) is 22.8 Å². The van der Waals surface area contributed by atoms with Crippen LogP contribution in [0.5, 0.6) is 0 Å². The van der Waals surface area contributed by atoms with Crippen molar-refractivity contribution < 1.29 is 22.7 Å². The number of carbonyl (C=O) groups excluding carboxylic acids is 2. The molecule has 0 radical (unpaired) electrons. The summed E-state index contributed by atoms with van der Waals surface area (Å²) in [6.07, 6.45) is 1.68. The molecule has 7 nitrogen and oxygen atoms in total. The predicted molar refractivity (Wildman–Crippen MR) is 106 cm³/mol. The third-order valence-corrected chi connectivity index (χ3v) is 4.95. The van der Waals surface area contributed by atoms with E-state index in [1.54, 1.807) is 47.7 Å². The molecule has 26 heavy (non-hydrogen) atoms. The summed E-state index contributed by atoms with van der Waals surface area (Å²) in [5.41, 5.74) is -0.244. The molecular weight excluding hydrogens is 424 g/mol. The van der Waals surface area contributed by atoms with E-state index in [1.165, 1.54) is 4.90 Å². The van der Waals surface area contributed by atoms with Crippen LogP contribution in [-0.4, -0.2) is 50.9 Å². The zero-order valence-corrected chi connectivity index (χ0v) is 19.2. The van der Waals surface area contributed by atoms with Crippen molar-refractivity contribution in [3.8, 4) is 0 Å². The van der Waals surface area contributed by atoms with Gasteiger partial charge in [0, 0.05) is 12.6 Å². The molecule has 0 saturated heterocycles. The molecule has 0 bridgehead atoms. The Hall–Kier alpha value is -0.930. The zero-order valence-electron chi connectivity index (χ0n) is 16.8. The third-order valence-electron chi connectivity index (χ3n) is 3.87. The van der Waals surface area contributed by atoms with E-state index in [1.807, 2.05) is 13.8 Å². The number of amides is 1. The van der Waals surface area contributed by atoms with Crippen LogP contribution < -0.4 is 4.72 Å². The molecule has 0 spiro atoms. The largest absolute Gasteiger partial charge is 0.463 e. The molecule has 9 heteroatoms. The number of rotatable bonds is 8. The minimum Gasteiger partial charge on any atom is -0.463 e. The summed E-state index contributed by atoms with van der Waals surface area (Å²) in [6.45, 7) is 12.8. The summed E-state index contributed by atoms with van der Waals surface area (Å²) < 4.78 is 30.6. The van der Waals surface area contributed by atoms with Crippen molar-refractivity contribution in [2.45, 2.75) is 60.5 Å². The topological polar surface area (TPSA) is 92.8 Å². The van der Waals surface area contributed by atoms with Crippen molar-refractivity contribution in [3.63, 3.8) is 0 Å². The van der Waals surface area contributed by atoms with E-state index in [0.29, 0.717) is 5.57 Å². The van der Waals surface area contributed by atoms with Crippen LogP contribution in [0.1, 0.15) is 48.5 Å². The number of nitrogens with zero attached hydrogens (tertiary/aromatic N) is 1. The molecule has 0 unspecified atom stereocenters. The molecule has 0 aromatic rings. The van der Waals surface area contributed by atoms with E-state index in [9.17, 15) is 18.0 Å². The summed E-state index contributed by atoms with van der Waals surface area (Å²) in [7, 11) is -2.15. The molecule has 0 aromatic heterocycles. The first-order chi connectivity index (χ1) is 11.6. The van der Waals surface area contributed by atoms with Gasteiger partial charge in [-0.25, -0.2) is 13.2 Å². The lowest BCUT2D eigenvalue weighted by Gasteiger charge is -2.36. The number of ether oxygens (including phenoxy) is 1. The SMILES string of the molecule is CCOC(=O)/C(C)=C/[C@H](C(C)C)N(C)C(=O)[C@@H](NS(=O)(=O)Br)C(C)(C)C. The highest BCUT2D eigenvalue weighted by Crippen LogP contribution is 2.25. The van der Waals surface area contributed by atoms with E-state index >= 15 is 0 Å². The summed E-state index contributed by atoms with van der Waals surface area (Å²) in [6, 6.07) is -1.36. The maximum atomic E-state index is 13.0. The number of likely N-dealkylation sites (N-methyl/N-ethyl adjacent to an activating group) is 1. The first kappa shape index (κ1) is 25.1. The van der Waals surface area contributed by atoms with Gasteiger partial charge in [0.05, 0.1) is 27.5 Å². The Balaban J connectivity index is 5.75. The Bertz CT molecular complexity index is 638. The van der Waals surface area contributed by atoms with E-state index in [-0.39, 0.29) is 18.4 Å². The fourth-order valence-electron chi connectivity index (χ4n) is 2.41. The van der Waals surface area contributed by atoms with Crippen LogP contribution in [0.4, 0.5) is 0 Å². The molecule has 0 fully saturated rings. The second kappa shape index (κ2) is 9.85. The number of carbonyl (C=O) groups is 2. The summed E-state index contributed by atoms with van der Waals surface area (Å²) in [5.74, 6) is -0.811. The van der Waals surface area contributed by atoms with Crippen molar-refractivity contribution in [3.05, 3.63) is 11.6 Å². The average Bonchev–Trinajstić information content (AvgIpc) is 2.46. The van der Waals surface area contributed by atoms with E-state index < -0.39 is 31.9 Å². The molecule has 0 aromatic carbocycles. The molecule has 0 aliphatic carbocycles. The minimum atomic E-state index is -3.75. The normalized spacial score (nSPS) is 15.5. The third kappa shape index (κ3) is 8.18. The highest BCUT2D eigenvalue weighted by Gasteiger charge is 2.38. The number of esters is 1. The number of nitrogens with one attached hydrogen (secondary N) is 1.